The SMILES string of the molecule is CCCOc1ccc(C(Br)c2ccc(C)c(Cl)c2)cc1Br. The number of benzene rings is 2. The summed E-state index contributed by atoms with van der Waals surface area (Å²) >= 11 is 13.5. The van der Waals surface area contributed by atoms with Gasteiger partial charge in [0.1, 0.15) is 5.75 Å². The van der Waals surface area contributed by atoms with Crippen LogP contribution in [-0.2, 0) is 0 Å². The number of halogens is 3. The van der Waals surface area contributed by atoms with Crippen LogP contribution in [0.2, 0.25) is 5.02 Å². The van der Waals surface area contributed by atoms with Gasteiger partial charge < -0.3 is 4.74 Å². The van der Waals surface area contributed by atoms with Gasteiger partial charge in [0, 0.05) is 5.02 Å². The average Bonchev–Trinajstić information content (AvgIpc) is 2.48. The molecule has 0 saturated carbocycles. The van der Waals surface area contributed by atoms with Gasteiger partial charge in [-0.2, -0.15) is 0 Å². The summed E-state index contributed by atoms with van der Waals surface area (Å²) in [4.78, 5) is 0.104. The van der Waals surface area contributed by atoms with Crippen LogP contribution in [-0.4, -0.2) is 6.61 Å². The lowest BCUT2D eigenvalue weighted by Gasteiger charge is -2.14. The molecule has 2 aromatic rings. The van der Waals surface area contributed by atoms with Gasteiger partial charge in [-0.25, -0.2) is 0 Å². The van der Waals surface area contributed by atoms with Crippen molar-refractivity contribution in [2.45, 2.75) is 25.1 Å². The maximum absolute atomic E-state index is 6.21. The third-order valence-electron chi connectivity index (χ3n) is 3.20. The van der Waals surface area contributed by atoms with Gasteiger partial charge in [0.05, 0.1) is 15.9 Å². The molecule has 0 aliphatic heterocycles. The summed E-state index contributed by atoms with van der Waals surface area (Å²) in [6, 6.07) is 12.3. The van der Waals surface area contributed by atoms with E-state index in [9.17, 15) is 0 Å². The molecule has 0 aliphatic carbocycles. The lowest BCUT2D eigenvalue weighted by atomic mass is 10.0. The fourth-order valence-corrected chi connectivity index (χ4v) is 3.23. The van der Waals surface area contributed by atoms with Crippen molar-refractivity contribution in [2.75, 3.05) is 6.61 Å². The summed E-state index contributed by atoms with van der Waals surface area (Å²) < 4.78 is 6.65. The number of alkyl halides is 1. The molecule has 1 unspecified atom stereocenters. The number of hydrogen-bond acceptors (Lipinski definition) is 1. The van der Waals surface area contributed by atoms with Crippen molar-refractivity contribution in [1.82, 2.24) is 0 Å². The van der Waals surface area contributed by atoms with Crippen LogP contribution in [0.3, 0.4) is 0 Å². The van der Waals surface area contributed by atoms with Crippen LogP contribution < -0.4 is 4.74 Å². The molecule has 0 aliphatic rings. The molecule has 0 amide bonds. The van der Waals surface area contributed by atoms with Crippen molar-refractivity contribution in [1.29, 1.82) is 0 Å². The fourth-order valence-electron chi connectivity index (χ4n) is 1.96. The van der Waals surface area contributed by atoms with E-state index in [-0.39, 0.29) is 4.83 Å². The predicted octanol–water partition coefficient (Wildman–Crippen LogP) is 6.68. The van der Waals surface area contributed by atoms with Crippen LogP contribution >= 0.6 is 43.5 Å². The first-order valence-corrected chi connectivity index (χ1v) is 8.94. The molecule has 1 atom stereocenters. The minimum Gasteiger partial charge on any atom is -0.492 e. The van der Waals surface area contributed by atoms with Gasteiger partial charge in [-0.05, 0) is 64.2 Å². The first kappa shape index (κ1) is 16.9. The molecule has 0 aromatic heterocycles. The molecule has 0 bridgehead atoms. The van der Waals surface area contributed by atoms with E-state index in [4.69, 9.17) is 16.3 Å². The van der Waals surface area contributed by atoms with Crippen LogP contribution in [0.1, 0.15) is 34.9 Å². The molecule has 0 heterocycles. The Bertz CT molecular complexity index is 628. The molecule has 4 heteroatoms. The fraction of sp³-hybridized carbons (Fsp3) is 0.294. The van der Waals surface area contributed by atoms with Gasteiger partial charge in [0.25, 0.3) is 0 Å². The summed E-state index contributed by atoms with van der Waals surface area (Å²) in [6.07, 6.45) is 0.997. The van der Waals surface area contributed by atoms with Gasteiger partial charge in [0.15, 0.2) is 0 Å². The predicted molar refractivity (Wildman–Crippen MR) is 96.9 cm³/mol. The minimum absolute atomic E-state index is 0.104. The Morgan fingerprint density at radius 1 is 1.14 bits per heavy atom. The molecular formula is C17H17Br2ClO. The van der Waals surface area contributed by atoms with Gasteiger partial charge in [-0.3, -0.25) is 0 Å². The average molecular weight is 433 g/mol. The standard InChI is InChI=1S/C17H17Br2ClO/c1-3-8-21-16-7-6-12(9-14(16)18)17(19)13-5-4-11(2)15(20)10-13/h4-7,9-10,17H,3,8H2,1-2H3. The summed E-state index contributed by atoms with van der Waals surface area (Å²) in [6.45, 7) is 4.83. The zero-order valence-electron chi connectivity index (χ0n) is 12.0. The zero-order valence-corrected chi connectivity index (χ0v) is 15.9. The highest BCUT2D eigenvalue weighted by Crippen LogP contribution is 2.36. The summed E-state index contributed by atoms with van der Waals surface area (Å²) in [5, 5.41) is 0.791. The van der Waals surface area contributed by atoms with Crippen molar-refractivity contribution in [2.24, 2.45) is 0 Å². The van der Waals surface area contributed by atoms with E-state index in [1.165, 1.54) is 0 Å². The molecule has 1 nitrogen and oxygen atoms in total. The van der Waals surface area contributed by atoms with E-state index in [1.807, 2.05) is 25.1 Å². The Balaban J connectivity index is 2.24. The maximum Gasteiger partial charge on any atom is 0.133 e. The van der Waals surface area contributed by atoms with Crippen molar-refractivity contribution in [3.05, 3.63) is 62.6 Å². The van der Waals surface area contributed by atoms with E-state index in [0.29, 0.717) is 0 Å². The van der Waals surface area contributed by atoms with Crippen molar-refractivity contribution >= 4 is 43.5 Å². The van der Waals surface area contributed by atoms with E-state index < -0.39 is 0 Å². The Hall–Kier alpha value is -0.510. The third-order valence-corrected chi connectivity index (χ3v) is 5.28. The lowest BCUT2D eigenvalue weighted by Crippen LogP contribution is -1.98. The molecule has 0 spiro atoms. The number of ether oxygens (including phenoxy) is 1. The van der Waals surface area contributed by atoms with Gasteiger partial charge in [-0.15, -0.1) is 0 Å². The normalized spacial score (nSPS) is 12.2. The van der Waals surface area contributed by atoms with Crippen LogP contribution in [0.15, 0.2) is 40.9 Å². The quantitative estimate of drug-likeness (QED) is 0.479. The largest absolute Gasteiger partial charge is 0.492 e. The molecule has 0 fully saturated rings. The number of aryl methyl sites for hydroxylation is 1. The van der Waals surface area contributed by atoms with Crippen LogP contribution in [0, 0.1) is 6.92 Å². The molecule has 0 radical (unpaired) electrons. The molecule has 2 aromatic carbocycles. The molecule has 21 heavy (non-hydrogen) atoms. The molecule has 112 valence electrons. The topological polar surface area (TPSA) is 9.23 Å². The van der Waals surface area contributed by atoms with Crippen molar-refractivity contribution in [3.8, 4) is 5.75 Å². The number of rotatable bonds is 5. The van der Waals surface area contributed by atoms with Crippen molar-refractivity contribution in [3.63, 3.8) is 0 Å². The zero-order chi connectivity index (χ0) is 15.4. The first-order chi connectivity index (χ1) is 10.0. The van der Waals surface area contributed by atoms with Gasteiger partial charge in [-0.1, -0.05) is 52.7 Å². The molecule has 0 saturated heterocycles. The highest BCUT2D eigenvalue weighted by Gasteiger charge is 2.13. The Labute approximate surface area is 147 Å². The summed E-state index contributed by atoms with van der Waals surface area (Å²) in [5.74, 6) is 0.877. The monoisotopic (exact) mass is 430 g/mol. The van der Waals surface area contributed by atoms with E-state index in [0.717, 1.165) is 45.0 Å². The Morgan fingerprint density at radius 3 is 2.43 bits per heavy atom. The smallest absolute Gasteiger partial charge is 0.133 e. The highest BCUT2D eigenvalue weighted by atomic mass is 79.9. The second kappa shape index (κ2) is 7.66. The van der Waals surface area contributed by atoms with Gasteiger partial charge in [0.2, 0.25) is 0 Å². The van der Waals surface area contributed by atoms with Gasteiger partial charge >= 0.3 is 0 Å². The minimum atomic E-state index is 0.104. The van der Waals surface area contributed by atoms with E-state index in [1.54, 1.807) is 0 Å². The Morgan fingerprint density at radius 2 is 1.81 bits per heavy atom. The second-order valence-corrected chi connectivity index (χ2v) is 7.09. The van der Waals surface area contributed by atoms with Crippen molar-refractivity contribution < 1.29 is 4.74 Å². The van der Waals surface area contributed by atoms with Crippen LogP contribution in [0.4, 0.5) is 0 Å². The van der Waals surface area contributed by atoms with Crippen LogP contribution in [0.25, 0.3) is 0 Å². The van der Waals surface area contributed by atoms with E-state index >= 15 is 0 Å². The summed E-state index contributed by atoms with van der Waals surface area (Å²) in [7, 11) is 0. The number of hydrogen-bond donors (Lipinski definition) is 0. The lowest BCUT2D eigenvalue weighted by molar-refractivity contribution is 0.315. The molecule has 2 rings (SSSR count). The third kappa shape index (κ3) is 4.24. The van der Waals surface area contributed by atoms with Crippen LogP contribution in [0.5, 0.6) is 5.75 Å². The molecule has 0 N–H and O–H groups in total. The molecular weight excluding hydrogens is 415 g/mol. The van der Waals surface area contributed by atoms with E-state index in [2.05, 4.69) is 57.0 Å². The second-order valence-electron chi connectivity index (χ2n) is 4.91. The maximum atomic E-state index is 6.21. The Kier molecular flexibility index (Phi) is 6.15. The first-order valence-electron chi connectivity index (χ1n) is 6.85. The summed E-state index contributed by atoms with van der Waals surface area (Å²) in [5.41, 5.74) is 3.38. The highest BCUT2D eigenvalue weighted by molar-refractivity contribution is 9.10.